The monoisotopic (exact) mass is 113 g/mol. The minimum Gasteiger partial charge on any atom is -0.298 e. The second-order valence-corrected chi connectivity index (χ2v) is 2.70. The van der Waals surface area contributed by atoms with Crippen molar-refractivity contribution in [2.45, 2.75) is 25.4 Å². The van der Waals surface area contributed by atoms with Crippen LogP contribution in [0.1, 0.15) is 19.3 Å². The number of hydroxylamine groups is 1. The summed E-state index contributed by atoms with van der Waals surface area (Å²) < 4.78 is 0. The van der Waals surface area contributed by atoms with E-state index in [0.717, 1.165) is 12.5 Å². The third kappa shape index (κ3) is 0.565. The maximum absolute atomic E-state index is 5.23. The first-order valence-corrected chi connectivity index (χ1v) is 3.35. The number of hydrogen-bond donors (Lipinski definition) is 1. The third-order valence-electron chi connectivity index (χ3n) is 2.17. The molecule has 1 heterocycles. The largest absolute Gasteiger partial charge is 0.298 e. The van der Waals surface area contributed by atoms with E-state index in [1.165, 1.54) is 19.3 Å². The first kappa shape index (κ1) is 4.77. The topological polar surface area (TPSA) is 21.3 Å². The van der Waals surface area contributed by atoms with Gasteiger partial charge >= 0.3 is 0 Å². The molecular weight excluding hydrogens is 102 g/mol. The molecule has 8 heavy (non-hydrogen) atoms. The highest BCUT2D eigenvalue weighted by Crippen LogP contribution is 2.30. The molecule has 2 nitrogen and oxygen atoms in total. The van der Waals surface area contributed by atoms with Crippen LogP contribution in [0.25, 0.3) is 0 Å². The minimum absolute atomic E-state index is 0.565. The summed E-state index contributed by atoms with van der Waals surface area (Å²) in [6.45, 7) is 1.09. The summed E-state index contributed by atoms with van der Waals surface area (Å²) in [6, 6.07) is 0. The molecule has 0 aromatic heterocycles. The van der Waals surface area contributed by atoms with Crippen LogP contribution in [0.15, 0.2) is 0 Å². The Morgan fingerprint density at radius 1 is 1.38 bits per heavy atom. The zero-order valence-electron chi connectivity index (χ0n) is 4.89. The fourth-order valence-corrected chi connectivity index (χ4v) is 1.65. The summed E-state index contributed by atoms with van der Waals surface area (Å²) in [7, 11) is 0. The van der Waals surface area contributed by atoms with Crippen LogP contribution in [0.5, 0.6) is 0 Å². The van der Waals surface area contributed by atoms with Crippen molar-refractivity contribution >= 4 is 0 Å². The number of fused-ring (bicyclic) bond motifs is 1. The molecule has 1 saturated carbocycles. The van der Waals surface area contributed by atoms with Crippen LogP contribution >= 0.6 is 0 Å². The molecule has 0 bridgehead atoms. The third-order valence-corrected chi connectivity index (χ3v) is 2.17. The summed E-state index contributed by atoms with van der Waals surface area (Å²) in [5, 5.41) is 0. The molecule has 2 aliphatic rings. The van der Waals surface area contributed by atoms with E-state index in [4.69, 9.17) is 4.84 Å². The van der Waals surface area contributed by atoms with Crippen molar-refractivity contribution in [3.05, 3.63) is 0 Å². The molecule has 2 atom stereocenters. The lowest BCUT2D eigenvalue weighted by molar-refractivity contribution is 0.0301. The Labute approximate surface area is 49.2 Å². The van der Waals surface area contributed by atoms with Crippen molar-refractivity contribution < 1.29 is 4.84 Å². The average molecular weight is 113 g/mol. The van der Waals surface area contributed by atoms with Crippen LogP contribution < -0.4 is 5.48 Å². The molecule has 1 N–H and O–H groups in total. The minimum atomic E-state index is 0.565. The van der Waals surface area contributed by atoms with Gasteiger partial charge in [0.1, 0.15) is 0 Å². The van der Waals surface area contributed by atoms with Gasteiger partial charge in [-0.15, -0.1) is 0 Å². The molecule has 2 heteroatoms. The first-order valence-electron chi connectivity index (χ1n) is 3.35. The highest BCUT2D eigenvalue weighted by molar-refractivity contribution is 4.81. The summed E-state index contributed by atoms with van der Waals surface area (Å²) in [5.41, 5.74) is 2.92. The van der Waals surface area contributed by atoms with Crippen LogP contribution in [0.3, 0.4) is 0 Å². The second kappa shape index (κ2) is 1.71. The molecule has 1 aliphatic heterocycles. The van der Waals surface area contributed by atoms with E-state index in [9.17, 15) is 0 Å². The quantitative estimate of drug-likeness (QED) is 0.499. The van der Waals surface area contributed by atoms with E-state index >= 15 is 0 Å². The van der Waals surface area contributed by atoms with Gasteiger partial charge in [0.05, 0.1) is 6.10 Å². The SMILES string of the molecule is C1C[C@H]2CNO[C@H]2C1. The number of rotatable bonds is 0. The molecule has 2 rings (SSSR count). The van der Waals surface area contributed by atoms with E-state index in [1.807, 2.05) is 0 Å². The zero-order valence-corrected chi connectivity index (χ0v) is 4.89. The lowest BCUT2D eigenvalue weighted by atomic mass is 10.1. The smallest absolute Gasteiger partial charge is 0.0831 e. The van der Waals surface area contributed by atoms with Gasteiger partial charge in [0.25, 0.3) is 0 Å². The van der Waals surface area contributed by atoms with Gasteiger partial charge in [-0.25, -0.2) is 5.48 Å². The summed E-state index contributed by atoms with van der Waals surface area (Å²) in [6.07, 6.45) is 4.58. The van der Waals surface area contributed by atoms with Crippen LogP contribution in [-0.2, 0) is 4.84 Å². The van der Waals surface area contributed by atoms with Crippen LogP contribution in [0.2, 0.25) is 0 Å². The molecule has 0 aromatic carbocycles. The van der Waals surface area contributed by atoms with Gasteiger partial charge in [-0.2, -0.15) is 0 Å². The highest BCUT2D eigenvalue weighted by atomic mass is 16.7. The Morgan fingerprint density at radius 2 is 2.38 bits per heavy atom. The molecule has 0 spiro atoms. The van der Waals surface area contributed by atoms with Crippen molar-refractivity contribution in [2.75, 3.05) is 6.54 Å². The predicted molar refractivity (Wildman–Crippen MR) is 30.2 cm³/mol. The van der Waals surface area contributed by atoms with Crippen molar-refractivity contribution in [1.29, 1.82) is 0 Å². The van der Waals surface area contributed by atoms with E-state index in [-0.39, 0.29) is 0 Å². The van der Waals surface area contributed by atoms with E-state index in [2.05, 4.69) is 5.48 Å². The van der Waals surface area contributed by atoms with Gasteiger partial charge in [-0.3, -0.25) is 4.84 Å². The van der Waals surface area contributed by atoms with Gasteiger partial charge in [0, 0.05) is 12.5 Å². The Hall–Kier alpha value is -0.0800. The summed E-state index contributed by atoms with van der Waals surface area (Å²) in [4.78, 5) is 5.23. The van der Waals surface area contributed by atoms with E-state index in [1.54, 1.807) is 0 Å². The Bertz CT molecular complexity index is 74.5. The van der Waals surface area contributed by atoms with E-state index in [0.29, 0.717) is 6.10 Å². The fourth-order valence-electron chi connectivity index (χ4n) is 1.65. The Balaban J connectivity index is 2.04. The Morgan fingerprint density at radius 3 is 3.25 bits per heavy atom. The van der Waals surface area contributed by atoms with Gasteiger partial charge in [0.15, 0.2) is 0 Å². The van der Waals surface area contributed by atoms with Crippen molar-refractivity contribution in [3.63, 3.8) is 0 Å². The standard InChI is InChI=1S/C6H11NO/c1-2-5-4-7-8-6(5)3-1/h5-7H,1-4H2/t5-,6-/m0/s1. The molecule has 1 aliphatic carbocycles. The predicted octanol–water partition coefficient (Wildman–Crippen LogP) is 0.690. The molecule has 0 unspecified atom stereocenters. The molecular formula is C6H11NO. The highest BCUT2D eigenvalue weighted by Gasteiger charge is 2.32. The van der Waals surface area contributed by atoms with Gasteiger partial charge in [-0.1, -0.05) is 6.42 Å². The normalized spacial score (nSPS) is 45.0. The average Bonchev–Trinajstić information content (AvgIpc) is 2.15. The maximum Gasteiger partial charge on any atom is 0.0831 e. The molecule has 46 valence electrons. The van der Waals surface area contributed by atoms with Crippen LogP contribution in [0.4, 0.5) is 0 Å². The molecule has 1 saturated heterocycles. The van der Waals surface area contributed by atoms with Crippen molar-refractivity contribution in [3.8, 4) is 0 Å². The summed E-state index contributed by atoms with van der Waals surface area (Å²) in [5.74, 6) is 0.843. The summed E-state index contributed by atoms with van der Waals surface area (Å²) >= 11 is 0. The molecule has 0 radical (unpaired) electrons. The van der Waals surface area contributed by atoms with Crippen molar-refractivity contribution in [1.82, 2.24) is 5.48 Å². The molecule has 0 aromatic rings. The lowest BCUT2D eigenvalue weighted by Crippen LogP contribution is -2.08. The fraction of sp³-hybridized carbons (Fsp3) is 1.00. The number of hydrogen-bond acceptors (Lipinski definition) is 2. The van der Waals surface area contributed by atoms with Gasteiger partial charge in [-0.05, 0) is 12.8 Å². The zero-order chi connectivity index (χ0) is 5.40. The number of nitrogens with one attached hydrogen (secondary N) is 1. The first-order chi connectivity index (χ1) is 3.97. The van der Waals surface area contributed by atoms with Crippen LogP contribution in [0, 0.1) is 5.92 Å². The van der Waals surface area contributed by atoms with Gasteiger partial charge < -0.3 is 0 Å². The maximum atomic E-state index is 5.23. The van der Waals surface area contributed by atoms with E-state index < -0.39 is 0 Å². The van der Waals surface area contributed by atoms with Crippen molar-refractivity contribution in [2.24, 2.45) is 5.92 Å². The second-order valence-electron chi connectivity index (χ2n) is 2.70. The lowest BCUT2D eigenvalue weighted by Gasteiger charge is -2.01. The molecule has 2 fully saturated rings. The molecule has 0 amide bonds. The Kier molecular flexibility index (Phi) is 1.02. The van der Waals surface area contributed by atoms with Gasteiger partial charge in [0.2, 0.25) is 0 Å². The van der Waals surface area contributed by atoms with Crippen LogP contribution in [-0.4, -0.2) is 12.6 Å².